The predicted molar refractivity (Wildman–Crippen MR) is 65.4 cm³/mol. The number of hydrogen-bond donors (Lipinski definition) is 1. The summed E-state index contributed by atoms with van der Waals surface area (Å²) in [7, 11) is 0. The summed E-state index contributed by atoms with van der Waals surface area (Å²) in [5.74, 6) is 0. The molecule has 16 heavy (non-hydrogen) atoms. The van der Waals surface area contributed by atoms with E-state index in [0.29, 0.717) is 5.41 Å². The fraction of sp³-hybridized carbons (Fsp3) is 0.923. The van der Waals surface area contributed by atoms with E-state index in [1.807, 2.05) is 0 Å². The maximum Gasteiger partial charge on any atom is 0.407 e. The summed E-state index contributed by atoms with van der Waals surface area (Å²) in [6.07, 6.45) is 6.41. The van der Waals surface area contributed by atoms with Crippen molar-refractivity contribution in [2.24, 2.45) is 5.41 Å². The molecule has 0 heterocycles. The van der Waals surface area contributed by atoms with Gasteiger partial charge in [-0.15, -0.1) is 0 Å². The third-order valence-electron chi connectivity index (χ3n) is 3.23. The number of carbonyl (C=O) groups excluding carboxylic acids is 1. The maximum atomic E-state index is 11.5. The molecule has 1 fully saturated rings. The number of hydrogen-bond acceptors (Lipinski definition) is 2. The zero-order chi connectivity index (χ0) is 12.0. The molecule has 1 N–H and O–H groups in total. The Balaban J connectivity index is 2.23. The van der Waals surface area contributed by atoms with Crippen molar-refractivity contribution in [1.29, 1.82) is 0 Å². The summed E-state index contributed by atoms with van der Waals surface area (Å²) in [5.41, 5.74) is 0.326. The third kappa shape index (κ3) is 4.86. The minimum Gasteiger partial charge on any atom is -0.446 e. The summed E-state index contributed by atoms with van der Waals surface area (Å²) < 4.78 is 5.42. The van der Waals surface area contributed by atoms with Gasteiger partial charge in [-0.2, -0.15) is 0 Å². The number of rotatable bonds is 4. The normalized spacial score (nSPS) is 23.8. The fourth-order valence-corrected chi connectivity index (χ4v) is 2.29. The van der Waals surface area contributed by atoms with Gasteiger partial charge in [0.2, 0.25) is 0 Å². The van der Waals surface area contributed by atoms with Gasteiger partial charge in [-0.3, -0.25) is 0 Å². The van der Waals surface area contributed by atoms with E-state index in [0.717, 1.165) is 32.2 Å². The lowest BCUT2D eigenvalue weighted by atomic mass is 9.76. The van der Waals surface area contributed by atoms with Gasteiger partial charge in [-0.1, -0.05) is 27.2 Å². The van der Waals surface area contributed by atoms with Crippen LogP contribution in [0, 0.1) is 5.41 Å². The van der Waals surface area contributed by atoms with Crippen molar-refractivity contribution in [3.63, 3.8) is 0 Å². The molecule has 1 amide bonds. The van der Waals surface area contributed by atoms with Gasteiger partial charge in [0.05, 0.1) is 0 Å². The lowest BCUT2D eigenvalue weighted by Crippen LogP contribution is -2.34. The van der Waals surface area contributed by atoms with Crippen LogP contribution >= 0.6 is 0 Å². The molecular weight excluding hydrogens is 202 g/mol. The monoisotopic (exact) mass is 227 g/mol. The molecule has 1 aliphatic carbocycles. The zero-order valence-electron chi connectivity index (χ0n) is 10.8. The first kappa shape index (κ1) is 13.3. The Kier molecular flexibility index (Phi) is 5.10. The summed E-state index contributed by atoms with van der Waals surface area (Å²) in [4.78, 5) is 11.5. The van der Waals surface area contributed by atoms with E-state index in [1.165, 1.54) is 12.8 Å². The second-order valence-electron chi connectivity index (χ2n) is 5.57. The van der Waals surface area contributed by atoms with Crippen LogP contribution in [-0.2, 0) is 4.74 Å². The van der Waals surface area contributed by atoms with E-state index in [1.54, 1.807) is 0 Å². The smallest absolute Gasteiger partial charge is 0.407 e. The first-order valence-corrected chi connectivity index (χ1v) is 6.48. The quantitative estimate of drug-likeness (QED) is 0.747. The van der Waals surface area contributed by atoms with Crippen LogP contribution in [-0.4, -0.2) is 18.7 Å². The van der Waals surface area contributed by atoms with Gasteiger partial charge in [0, 0.05) is 6.54 Å². The molecule has 94 valence electrons. The Morgan fingerprint density at radius 3 is 2.88 bits per heavy atom. The first-order chi connectivity index (χ1) is 7.53. The molecule has 3 heteroatoms. The van der Waals surface area contributed by atoms with E-state index in [4.69, 9.17) is 4.74 Å². The highest BCUT2D eigenvalue weighted by atomic mass is 16.6. The lowest BCUT2D eigenvalue weighted by Gasteiger charge is -2.34. The van der Waals surface area contributed by atoms with Crippen LogP contribution < -0.4 is 5.32 Å². The van der Waals surface area contributed by atoms with Gasteiger partial charge in [0.1, 0.15) is 6.10 Å². The van der Waals surface area contributed by atoms with Crippen LogP contribution in [0.25, 0.3) is 0 Å². The Labute approximate surface area is 98.9 Å². The zero-order valence-corrected chi connectivity index (χ0v) is 10.8. The predicted octanol–water partition coefficient (Wildman–Crippen LogP) is 3.48. The standard InChI is InChI=1S/C13H25NO2/c1-4-5-9-14-12(15)16-11-7-6-8-13(2,3)10-11/h11H,4-10H2,1-3H3,(H,14,15). The Morgan fingerprint density at radius 1 is 1.50 bits per heavy atom. The minimum absolute atomic E-state index is 0.116. The molecule has 1 rings (SSSR count). The molecule has 1 atom stereocenters. The van der Waals surface area contributed by atoms with Gasteiger partial charge >= 0.3 is 6.09 Å². The molecule has 0 radical (unpaired) electrons. The van der Waals surface area contributed by atoms with Crippen LogP contribution in [0.15, 0.2) is 0 Å². The van der Waals surface area contributed by atoms with Gasteiger partial charge in [-0.25, -0.2) is 4.79 Å². The molecule has 3 nitrogen and oxygen atoms in total. The SMILES string of the molecule is CCCCNC(=O)OC1CCCC(C)(C)C1. The summed E-state index contributed by atoms with van der Waals surface area (Å²) in [5, 5.41) is 2.80. The molecule has 1 aliphatic rings. The Hall–Kier alpha value is -0.730. The van der Waals surface area contributed by atoms with Gasteiger partial charge in [-0.05, 0) is 37.5 Å². The molecule has 1 unspecified atom stereocenters. The van der Waals surface area contributed by atoms with E-state index >= 15 is 0 Å². The molecule has 0 bridgehead atoms. The molecule has 0 saturated heterocycles. The first-order valence-electron chi connectivity index (χ1n) is 6.48. The number of alkyl carbamates (subject to hydrolysis) is 1. The largest absolute Gasteiger partial charge is 0.446 e. The highest BCUT2D eigenvalue weighted by Gasteiger charge is 2.29. The number of nitrogens with one attached hydrogen (secondary N) is 1. The minimum atomic E-state index is -0.240. The maximum absolute atomic E-state index is 11.5. The van der Waals surface area contributed by atoms with Crippen molar-refractivity contribution in [2.45, 2.75) is 65.4 Å². The second kappa shape index (κ2) is 6.12. The third-order valence-corrected chi connectivity index (χ3v) is 3.23. The molecule has 0 aromatic heterocycles. The van der Waals surface area contributed by atoms with Crippen molar-refractivity contribution in [1.82, 2.24) is 5.32 Å². The topological polar surface area (TPSA) is 38.3 Å². The molecule has 0 aliphatic heterocycles. The van der Waals surface area contributed by atoms with Crippen molar-refractivity contribution in [3.05, 3.63) is 0 Å². The van der Waals surface area contributed by atoms with Crippen LogP contribution in [0.5, 0.6) is 0 Å². The summed E-state index contributed by atoms with van der Waals surface area (Å²) in [6, 6.07) is 0. The van der Waals surface area contributed by atoms with E-state index < -0.39 is 0 Å². The van der Waals surface area contributed by atoms with Gasteiger partial charge in [0.25, 0.3) is 0 Å². The fourth-order valence-electron chi connectivity index (χ4n) is 2.29. The molecule has 0 aromatic rings. The lowest BCUT2D eigenvalue weighted by molar-refractivity contribution is 0.0382. The van der Waals surface area contributed by atoms with Gasteiger partial charge < -0.3 is 10.1 Å². The number of amides is 1. The molecule has 1 saturated carbocycles. The van der Waals surface area contributed by atoms with Crippen molar-refractivity contribution in [2.75, 3.05) is 6.54 Å². The number of ether oxygens (including phenoxy) is 1. The average molecular weight is 227 g/mol. The second-order valence-corrected chi connectivity index (χ2v) is 5.57. The van der Waals surface area contributed by atoms with Crippen LogP contribution in [0.3, 0.4) is 0 Å². The Morgan fingerprint density at radius 2 is 2.25 bits per heavy atom. The van der Waals surface area contributed by atoms with Gasteiger partial charge in [0.15, 0.2) is 0 Å². The average Bonchev–Trinajstić information content (AvgIpc) is 2.16. The van der Waals surface area contributed by atoms with E-state index in [9.17, 15) is 4.79 Å². The molecule has 0 aromatic carbocycles. The van der Waals surface area contributed by atoms with Crippen LogP contribution in [0.2, 0.25) is 0 Å². The van der Waals surface area contributed by atoms with Crippen LogP contribution in [0.1, 0.15) is 59.3 Å². The highest BCUT2D eigenvalue weighted by molar-refractivity contribution is 5.67. The van der Waals surface area contributed by atoms with Crippen LogP contribution in [0.4, 0.5) is 4.79 Å². The van der Waals surface area contributed by atoms with Crippen molar-refractivity contribution >= 4 is 6.09 Å². The van der Waals surface area contributed by atoms with E-state index in [2.05, 4.69) is 26.1 Å². The molecule has 0 spiro atoms. The Bertz CT molecular complexity index is 226. The summed E-state index contributed by atoms with van der Waals surface area (Å²) in [6.45, 7) is 7.33. The van der Waals surface area contributed by atoms with Crippen molar-refractivity contribution < 1.29 is 9.53 Å². The molecular formula is C13H25NO2. The van der Waals surface area contributed by atoms with Crippen molar-refractivity contribution in [3.8, 4) is 0 Å². The number of carbonyl (C=O) groups is 1. The number of unbranched alkanes of at least 4 members (excludes halogenated alkanes) is 1. The highest BCUT2D eigenvalue weighted by Crippen LogP contribution is 2.36. The van der Waals surface area contributed by atoms with E-state index in [-0.39, 0.29) is 12.2 Å². The summed E-state index contributed by atoms with van der Waals surface area (Å²) >= 11 is 0.